The van der Waals surface area contributed by atoms with Crippen LogP contribution in [0.3, 0.4) is 0 Å². The Morgan fingerprint density at radius 1 is 1.17 bits per heavy atom. The number of amides is 1. The second kappa shape index (κ2) is 8.23. The van der Waals surface area contributed by atoms with Crippen LogP contribution < -0.4 is 15.8 Å². The molecule has 0 spiro atoms. The summed E-state index contributed by atoms with van der Waals surface area (Å²) in [6.07, 6.45) is 0. The van der Waals surface area contributed by atoms with Gasteiger partial charge in [0.05, 0.1) is 16.5 Å². The first-order valence-corrected chi connectivity index (χ1v) is 11.1. The maximum absolute atomic E-state index is 12.7. The molecule has 11 heteroatoms. The molecule has 0 atom stereocenters. The molecule has 8 nitrogen and oxygen atoms in total. The van der Waals surface area contributed by atoms with Crippen molar-refractivity contribution in [3.63, 3.8) is 0 Å². The van der Waals surface area contributed by atoms with Crippen LogP contribution in [0.1, 0.15) is 30.4 Å². The van der Waals surface area contributed by atoms with E-state index in [1.54, 1.807) is 38.1 Å². The Balaban J connectivity index is 1.96. The maximum atomic E-state index is 12.7. The highest BCUT2D eigenvalue weighted by atomic mass is 79.9. The second-order valence-electron chi connectivity index (χ2n) is 6.37. The van der Waals surface area contributed by atoms with Gasteiger partial charge in [0.15, 0.2) is 5.69 Å². The average Bonchev–Trinajstić information content (AvgIpc) is 2.66. The molecule has 1 heterocycles. The van der Waals surface area contributed by atoms with Gasteiger partial charge in [-0.1, -0.05) is 45.7 Å². The lowest BCUT2D eigenvalue weighted by Gasteiger charge is -2.14. The number of nitrogens with zero attached hydrogens (tertiary/aromatic N) is 2. The summed E-state index contributed by atoms with van der Waals surface area (Å²) >= 11 is 9.18. The largest absolute Gasteiger partial charge is 0.287 e. The number of carbonyl (C=O) groups is 1. The van der Waals surface area contributed by atoms with Crippen LogP contribution >= 0.6 is 27.5 Å². The number of benzene rings is 2. The fourth-order valence-electron chi connectivity index (χ4n) is 2.65. The van der Waals surface area contributed by atoms with Gasteiger partial charge >= 0.3 is 0 Å². The lowest BCUT2D eigenvalue weighted by Crippen LogP contribution is -2.42. The standard InChI is InChI=1S/C18H16BrClN4O4S/c1-10(2)24-18(26)13-6-4-3-5-12(13)16(22-24)17(25)21-23-29(27,28)15-8-7-11(19)9-14(15)20/h3-10,23H,1-2H3,(H,21,25). The number of aromatic nitrogens is 2. The van der Waals surface area contributed by atoms with Gasteiger partial charge in [-0.05, 0) is 38.1 Å². The molecule has 2 aromatic carbocycles. The van der Waals surface area contributed by atoms with E-state index in [9.17, 15) is 18.0 Å². The predicted octanol–water partition coefficient (Wildman–Crippen LogP) is 3.02. The zero-order valence-electron chi connectivity index (χ0n) is 15.3. The van der Waals surface area contributed by atoms with Crippen molar-refractivity contribution in [1.82, 2.24) is 20.0 Å². The third-order valence-electron chi connectivity index (χ3n) is 4.01. The summed E-state index contributed by atoms with van der Waals surface area (Å²) in [6.45, 7) is 3.51. The van der Waals surface area contributed by atoms with Crippen LogP contribution in [0, 0.1) is 0 Å². The molecule has 0 aliphatic carbocycles. The molecular formula is C18H16BrClN4O4S. The minimum Gasteiger partial charge on any atom is -0.272 e. The van der Waals surface area contributed by atoms with Gasteiger partial charge in [0.2, 0.25) is 0 Å². The number of sulfonamides is 1. The van der Waals surface area contributed by atoms with Crippen molar-refractivity contribution in [2.45, 2.75) is 24.8 Å². The van der Waals surface area contributed by atoms with Crippen LogP contribution in [0.2, 0.25) is 5.02 Å². The Labute approximate surface area is 180 Å². The van der Waals surface area contributed by atoms with Crippen LogP contribution in [-0.4, -0.2) is 24.1 Å². The minimum absolute atomic E-state index is 0.0157. The van der Waals surface area contributed by atoms with Gasteiger partial charge in [0, 0.05) is 9.86 Å². The van der Waals surface area contributed by atoms with Crippen LogP contribution in [0.25, 0.3) is 10.8 Å². The molecule has 0 fully saturated rings. The SMILES string of the molecule is CC(C)n1nc(C(=O)NNS(=O)(=O)c2ccc(Br)cc2Cl)c2ccccc2c1=O. The molecule has 29 heavy (non-hydrogen) atoms. The smallest absolute Gasteiger partial charge is 0.272 e. The highest BCUT2D eigenvalue weighted by molar-refractivity contribution is 9.10. The number of halogens is 2. The van der Waals surface area contributed by atoms with Crippen LogP contribution in [0.5, 0.6) is 0 Å². The number of rotatable bonds is 5. The van der Waals surface area contributed by atoms with Gasteiger partial charge in [0.1, 0.15) is 4.90 Å². The Morgan fingerprint density at radius 3 is 2.45 bits per heavy atom. The third kappa shape index (κ3) is 4.35. The lowest BCUT2D eigenvalue weighted by atomic mass is 10.1. The molecule has 0 saturated carbocycles. The molecular weight excluding hydrogens is 484 g/mol. The van der Waals surface area contributed by atoms with Gasteiger partial charge in [0.25, 0.3) is 21.5 Å². The first-order chi connectivity index (χ1) is 13.6. The Kier molecular flexibility index (Phi) is 6.08. The molecule has 2 N–H and O–H groups in total. The number of nitrogens with one attached hydrogen (secondary N) is 2. The molecule has 1 aromatic heterocycles. The number of carbonyl (C=O) groups excluding carboxylic acids is 1. The van der Waals surface area contributed by atoms with Crippen molar-refractivity contribution in [3.05, 3.63) is 68.0 Å². The van der Waals surface area contributed by atoms with Gasteiger partial charge in [-0.2, -0.15) is 5.10 Å². The third-order valence-corrected chi connectivity index (χ3v) is 6.24. The van der Waals surface area contributed by atoms with E-state index in [4.69, 9.17) is 11.6 Å². The summed E-state index contributed by atoms with van der Waals surface area (Å²) in [5, 5.41) is 4.73. The van der Waals surface area contributed by atoms with Crippen molar-refractivity contribution in [2.24, 2.45) is 0 Å². The first kappa shape index (κ1) is 21.4. The van der Waals surface area contributed by atoms with Crippen LogP contribution in [0.4, 0.5) is 0 Å². The summed E-state index contributed by atoms with van der Waals surface area (Å²) in [4.78, 5) is 27.1. The highest BCUT2D eigenvalue weighted by Crippen LogP contribution is 2.24. The summed E-state index contributed by atoms with van der Waals surface area (Å²) in [7, 11) is -4.13. The minimum atomic E-state index is -4.13. The van der Waals surface area contributed by atoms with Gasteiger partial charge < -0.3 is 0 Å². The molecule has 0 saturated heterocycles. The molecule has 3 rings (SSSR count). The van der Waals surface area contributed by atoms with Crippen LogP contribution in [0.15, 0.2) is 56.6 Å². The van der Waals surface area contributed by atoms with Crippen molar-refractivity contribution in [1.29, 1.82) is 0 Å². The van der Waals surface area contributed by atoms with Crippen LogP contribution in [-0.2, 0) is 10.0 Å². The van der Waals surface area contributed by atoms with E-state index in [1.807, 2.05) is 4.83 Å². The molecule has 3 aromatic rings. The maximum Gasteiger partial charge on any atom is 0.287 e. The molecule has 0 aliphatic heterocycles. The van der Waals surface area contributed by atoms with Crippen molar-refractivity contribution >= 4 is 54.2 Å². The summed E-state index contributed by atoms with van der Waals surface area (Å²) in [5.41, 5.74) is 1.71. The normalized spacial score (nSPS) is 11.8. The average molecular weight is 500 g/mol. The van der Waals surface area contributed by atoms with E-state index in [-0.39, 0.29) is 27.2 Å². The van der Waals surface area contributed by atoms with Gasteiger partial charge in [-0.3, -0.25) is 15.0 Å². The van der Waals surface area contributed by atoms with E-state index in [1.165, 1.54) is 22.9 Å². The topological polar surface area (TPSA) is 110 Å². The molecule has 152 valence electrons. The van der Waals surface area contributed by atoms with E-state index in [0.29, 0.717) is 15.2 Å². The van der Waals surface area contributed by atoms with E-state index in [2.05, 4.69) is 26.5 Å². The summed E-state index contributed by atoms with van der Waals surface area (Å²) in [6, 6.07) is 10.4. The van der Waals surface area contributed by atoms with Crippen molar-refractivity contribution < 1.29 is 13.2 Å². The fraction of sp³-hybridized carbons (Fsp3) is 0.167. The second-order valence-corrected chi connectivity index (χ2v) is 9.35. The molecule has 1 amide bonds. The molecule has 0 unspecified atom stereocenters. The molecule has 0 aliphatic rings. The zero-order chi connectivity index (χ0) is 21.3. The molecule has 0 bridgehead atoms. The Bertz CT molecular complexity index is 1270. The van der Waals surface area contributed by atoms with Gasteiger partial charge in [-0.15, -0.1) is 4.83 Å². The van der Waals surface area contributed by atoms with Crippen molar-refractivity contribution in [3.8, 4) is 0 Å². The Hall–Kier alpha value is -2.27. The summed E-state index contributed by atoms with van der Waals surface area (Å²) < 4.78 is 26.8. The Morgan fingerprint density at radius 2 is 1.83 bits per heavy atom. The first-order valence-electron chi connectivity index (χ1n) is 8.40. The molecule has 0 radical (unpaired) electrons. The van der Waals surface area contributed by atoms with Crippen molar-refractivity contribution in [2.75, 3.05) is 0 Å². The lowest BCUT2D eigenvalue weighted by molar-refractivity contribution is 0.0939. The fourth-order valence-corrected chi connectivity index (χ4v) is 4.52. The number of hydrogen-bond donors (Lipinski definition) is 2. The number of fused-ring (bicyclic) bond motifs is 1. The summed E-state index contributed by atoms with van der Waals surface area (Å²) in [5.74, 6) is -0.813. The number of hydrogen-bond acceptors (Lipinski definition) is 5. The van der Waals surface area contributed by atoms with E-state index >= 15 is 0 Å². The number of hydrazine groups is 1. The van der Waals surface area contributed by atoms with E-state index in [0.717, 1.165) is 0 Å². The zero-order valence-corrected chi connectivity index (χ0v) is 18.5. The quantitative estimate of drug-likeness (QED) is 0.524. The monoisotopic (exact) mass is 498 g/mol. The predicted molar refractivity (Wildman–Crippen MR) is 113 cm³/mol. The van der Waals surface area contributed by atoms with Gasteiger partial charge in [-0.25, -0.2) is 13.1 Å². The highest BCUT2D eigenvalue weighted by Gasteiger charge is 2.22. The van der Waals surface area contributed by atoms with E-state index < -0.39 is 15.9 Å².